The molecule has 1 aliphatic rings. The van der Waals surface area contributed by atoms with Crippen LogP contribution in [0, 0.1) is 0 Å². The molecule has 202 valence electrons. The summed E-state index contributed by atoms with van der Waals surface area (Å²) in [6, 6.07) is 12.4. The Morgan fingerprint density at radius 2 is 1.74 bits per heavy atom. The molecule has 0 radical (unpaired) electrons. The molecule has 4 rings (SSSR count). The average Bonchev–Trinajstić information content (AvgIpc) is 3.26. The number of hydrogen-bond acceptors (Lipinski definition) is 7. The number of hydrogen-bond donors (Lipinski definition) is 1. The highest BCUT2D eigenvalue weighted by Crippen LogP contribution is 2.36. The number of methoxy groups -OCH3 is 1. The van der Waals surface area contributed by atoms with Crippen molar-refractivity contribution in [3.05, 3.63) is 53.7 Å². The number of halogens is 1. The number of carbonyl (C=O) groups is 2. The number of aryl methyl sites for hydroxylation is 1. The van der Waals surface area contributed by atoms with Crippen LogP contribution in [0.3, 0.4) is 0 Å². The molecule has 1 fully saturated rings. The summed E-state index contributed by atoms with van der Waals surface area (Å²) < 4.78 is 18.5. The Hall–Kier alpha value is -3.76. The molecule has 0 saturated carbocycles. The van der Waals surface area contributed by atoms with Crippen molar-refractivity contribution in [1.82, 2.24) is 19.6 Å². The molecule has 3 aromatic rings. The lowest BCUT2D eigenvalue weighted by Gasteiger charge is -2.34. The largest absolute Gasteiger partial charge is 0.497 e. The third-order valence-electron chi connectivity index (χ3n) is 6.32. The van der Waals surface area contributed by atoms with E-state index in [9.17, 15) is 9.59 Å². The zero-order valence-corrected chi connectivity index (χ0v) is 22.5. The normalized spacial score (nSPS) is 13.7. The fourth-order valence-electron chi connectivity index (χ4n) is 4.22. The smallest absolute Gasteiger partial charge is 0.262 e. The van der Waals surface area contributed by atoms with Crippen molar-refractivity contribution >= 4 is 29.1 Å². The number of benzene rings is 2. The Bertz CT molecular complexity index is 1240. The van der Waals surface area contributed by atoms with Crippen LogP contribution in [0.2, 0.25) is 5.02 Å². The standard InChI is InChI=1S/C27H32ClN5O5/c1-19(34)33-12-10-32(11-13-33)14-15-37-25-9-4-20(16-23(25)27-24(28)17-29-31(27)2)30-26(35)18-38-22-7-5-21(36-3)6-8-22/h4-9,16-17H,10-15,18H2,1-3H3,(H,30,35). The van der Waals surface area contributed by atoms with Gasteiger partial charge in [0.2, 0.25) is 5.91 Å². The second-order valence-electron chi connectivity index (χ2n) is 8.88. The molecule has 0 atom stereocenters. The fourth-order valence-corrected chi connectivity index (χ4v) is 4.49. The van der Waals surface area contributed by atoms with Gasteiger partial charge in [0.15, 0.2) is 6.61 Å². The minimum Gasteiger partial charge on any atom is -0.497 e. The Labute approximate surface area is 227 Å². The van der Waals surface area contributed by atoms with E-state index in [1.54, 1.807) is 62.3 Å². The lowest BCUT2D eigenvalue weighted by atomic mass is 10.1. The lowest BCUT2D eigenvalue weighted by Crippen LogP contribution is -2.48. The molecule has 2 heterocycles. The van der Waals surface area contributed by atoms with Gasteiger partial charge < -0.3 is 24.4 Å². The third kappa shape index (κ3) is 6.96. The van der Waals surface area contributed by atoms with Crippen LogP contribution in [0.25, 0.3) is 11.3 Å². The molecule has 1 aromatic heterocycles. The summed E-state index contributed by atoms with van der Waals surface area (Å²) in [5.41, 5.74) is 1.97. The quantitative estimate of drug-likeness (QED) is 0.420. The Kier molecular flexibility index (Phi) is 9.09. The monoisotopic (exact) mass is 541 g/mol. The van der Waals surface area contributed by atoms with Gasteiger partial charge in [-0.25, -0.2) is 0 Å². The minimum atomic E-state index is -0.304. The van der Waals surface area contributed by atoms with Crippen LogP contribution < -0.4 is 19.5 Å². The molecule has 1 saturated heterocycles. The van der Waals surface area contributed by atoms with Gasteiger partial charge in [0.25, 0.3) is 5.91 Å². The first-order valence-electron chi connectivity index (χ1n) is 12.3. The van der Waals surface area contributed by atoms with Crippen LogP contribution >= 0.6 is 11.6 Å². The summed E-state index contributed by atoms with van der Waals surface area (Å²) in [7, 11) is 3.39. The number of anilines is 1. The number of ether oxygens (including phenoxy) is 3. The molecule has 0 unspecified atom stereocenters. The first kappa shape index (κ1) is 27.3. The second-order valence-corrected chi connectivity index (χ2v) is 9.29. The van der Waals surface area contributed by atoms with Crippen LogP contribution in [0.5, 0.6) is 17.2 Å². The van der Waals surface area contributed by atoms with Gasteiger partial charge in [-0.05, 0) is 42.5 Å². The number of aromatic nitrogens is 2. The van der Waals surface area contributed by atoms with E-state index in [0.717, 1.165) is 32.7 Å². The van der Waals surface area contributed by atoms with E-state index in [2.05, 4.69) is 15.3 Å². The summed E-state index contributed by atoms with van der Waals surface area (Å²) in [6.45, 7) is 5.71. The molecule has 0 bridgehead atoms. The van der Waals surface area contributed by atoms with Gasteiger partial charge in [-0.2, -0.15) is 5.10 Å². The minimum absolute atomic E-state index is 0.109. The number of rotatable bonds is 10. The van der Waals surface area contributed by atoms with Gasteiger partial charge >= 0.3 is 0 Å². The molecule has 10 nitrogen and oxygen atoms in total. The number of carbonyl (C=O) groups excluding carboxylic acids is 2. The SMILES string of the molecule is COc1ccc(OCC(=O)Nc2ccc(OCCN3CCN(C(C)=O)CC3)c(-c3c(Cl)cnn3C)c2)cc1. The van der Waals surface area contributed by atoms with E-state index in [0.29, 0.717) is 45.8 Å². The van der Waals surface area contributed by atoms with Crippen LogP contribution in [0.15, 0.2) is 48.7 Å². The zero-order chi connectivity index (χ0) is 27.1. The Morgan fingerprint density at radius 3 is 2.37 bits per heavy atom. The molecule has 1 aliphatic heterocycles. The molecular formula is C27H32ClN5O5. The van der Waals surface area contributed by atoms with Crippen LogP contribution in [-0.2, 0) is 16.6 Å². The van der Waals surface area contributed by atoms with Gasteiger partial charge in [0.1, 0.15) is 23.9 Å². The van der Waals surface area contributed by atoms with Crippen molar-refractivity contribution in [2.75, 3.05) is 58.4 Å². The summed E-state index contributed by atoms with van der Waals surface area (Å²) >= 11 is 6.45. The molecular weight excluding hydrogens is 510 g/mol. The molecule has 1 N–H and O–H groups in total. The van der Waals surface area contributed by atoms with Gasteiger partial charge in [-0.3, -0.25) is 19.2 Å². The topological polar surface area (TPSA) is 98.2 Å². The number of piperazine rings is 1. The summed E-state index contributed by atoms with van der Waals surface area (Å²) in [4.78, 5) is 28.3. The predicted molar refractivity (Wildman–Crippen MR) is 145 cm³/mol. The van der Waals surface area contributed by atoms with E-state index in [-0.39, 0.29) is 18.4 Å². The predicted octanol–water partition coefficient (Wildman–Crippen LogP) is 3.31. The van der Waals surface area contributed by atoms with Crippen molar-refractivity contribution < 1.29 is 23.8 Å². The van der Waals surface area contributed by atoms with E-state index in [1.807, 2.05) is 17.0 Å². The van der Waals surface area contributed by atoms with E-state index < -0.39 is 0 Å². The number of nitrogens with zero attached hydrogens (tertiary/aromatic N) is 4. The van der Waals surface area contributed by atoms with E-state index in [1.165, 1.54) is 0 Å². The van der Waals surface area contributed by atoms with Crippen molar-refractivity contribution in [2.24, 2.45) is 7.05 Å². The molecule has 0 spiro atoms. The number of amides is 2. The van der Waals surface area contributed by atoms with Crippen LogP contribution in [0.4, 0.5) is 5.69 Å². The van der Waals surface area contributed by atoms with Crippen molar-refractivity contribution in [1.29, 1.82) is 0 Å². The molecule has 0 aliphatic carbocycles. The third-order valence-corrected chi connectivity index (χ3v) is 6.60. The summed E-state index contributed by atoms with van der Waals surface area (Å²) in [5, 5.41) is 7.59. The maximum atomic E-state index is 12.6. The van der Waals surface area contributed by atoms with Gasteiger partial charge in [-0.1, -0.05) is 11.6 Å². The van der Waals surface area contributed by atoms with Crippen LogP contribution in [0.1, 0.15) is 6.92 Å². The molecule has 2 amide bonds. The highest BCUT2D eigenvalue weighted by Gasteiger charge is 2.20. The summed E-state index contributed by atoms with van der Waals surface area (Å²) in [5.74, 6) is 1.71. The van der Waals surface area contributed by atoms with E-state index >= 15 is 0 Å². The highest BCUT2D eigenvalue weighted by molar-refractivity contribution is 6.33. The van der Waals surface area contributed by atoms with Crippen molar-refractivity contribution in [3.63, 3.8) is 0 Å². The number of nitrogens with one attached hydrogen (secondary N) is 1. The van der Waals surface area contributed by atoms with Gasteiger partial charge in [0.05, 0.1) is 24.0 Å². The van der Waals surface area contributed by atoms with E-state index in [4.69, 9.17) is 25.8 Å². The van der Waals surface area contributed by atoms with Crippen LogP contribution in [-0.4, -0.2) is 84.4 Å². The molecule has 11 heteroatoms. The Morgan fingerprint density at radius 1 is 1.03 bits per heavy atom. The first-order chi connectivity index (χ1) is 18.3. The Balaban J connectivity index is 1.40. The van der Waals surface area contributed by atoms with Gasteiger partial charge in [-0.15, -0.1) is 0 Å². The maximum Gasteiger partial charge on any atom is 0.262 e. The summed E-state index contributed by atoms with van der Waals surface area (Å²) in [6.07, 6.45) is 1.57. The average molecular weight is 542 g/mol. The van der Waals surface area contributed by atoms with Crippen molar-refractivity contribution in [2.45, 2.75) is 6.92 Å². The maximum absolute atomic E-state index is 12.6. The second kappa shape index (κ2) is 12.7. The fraction of sp³-hybridized carbons (Fsp3) is 0.370. The first-order valence-corrected chi connectivity index (χ1v) is 12.7. The molecule has 38 heavy (non-hydrogen) atoms. The highest BCUT2D eigenvalue weighted by atomic mass is 35.5. The van der Waals surface area contributed by atoms with Crippen molar-refractivity contribution in [3.8, 4) is 28.5 Å². The molecule has 2 aromatic carbocycles. The van der Waals surface area contributed by atoms with Gasteiger partial charge in [0, 0.05) is 57.9 Å². The lowest BCUT2D eigenvalue weighted by molar-refractivity contribution is -0.130. The zero-order valence-electron chi connectivity index (χ0n) is 21.8.